The van der Waals surface area contributed by atoms with Gasteiger partial charge in [0.1, 0.15) is 0 Å². The largest absolute Gasteiger partial charge is 0.328 e. The van der Waals surface area contributed by atoms with Gasteiger partial charge < -0.3 is 14.3 Å². The summed E-state index contributed by atoms with van der Waals surface area (Å²) in [6, 6.07) is 35.4. The van der Waals surface area contributed by atoms with E-state index in [0.29, 0.717) is 28.9 Å². The molecule has 0 fully saturated rings. The van der Waals surface area contributed by atoms with Crippen molar-refractivity contribution in [3.8, 4) is 0 Å². The van der Waals surface area contributed by atoms with E-state index in [1.54, 1.807) is 0 Å². The van der Waals surface area contributed by atoms with Gasteiger partial charge in [0.2, 0.25) is 0 Å². The second kappa shape index (κ2) is 33.1. The van der Waals surface area contributed by atoms with Gasteiger partial charge in [0.05, 0.1) is 6.61 Å². The molecule has 0 aromatic heterocycles. The average Bonchev–Trinajstić information content (AvgIpc) is 3.31. The molecule has 0 unspecified atom stereocenters. The molecule has 4 aromatic rings. The van der Waals surface area contributed by atoms with Gasteiger partial charge in [-0.3, -0.25) is 9.59 Å². The zero-order valence-corrected chi connectivity index (χ0v) is 38.9. The van der Waals surface area contributed by atoms with E-state index in [1.165, 1.54) is 165 Å². The summed E-state index contributed by atoms with van der Waals surface area (Å²) in [6.45, 7) is 0.468. The average molecular weight is 863 g/mol. The Morgan fingerprint density at radius 1 is 0.355 bits per heavy atom. The van der Waals surface area contributed by atoms with Crippen molar-refractivity contribution in [3.05, 3.63) is 143 Å². The number of ketones is 2. The lowest BCUT2D eigenvalue weighted by atomic mass is 9.85. The summed E-state index contributed by atoms with van der Waals surface area (Å²) in [6.07, 6.45) is 37.1. The molecule has 6 heteroatoms. The topological polar surface area (TPSA) is 83.8 Å². The minimum absolute atomic E-state index is 0.0472. The SMILES string of the molecule is O=C(c1ccccc1)c1ccc(C(CCCCCCCCCCCCCCCCCCCCCCCCCCCCCOP(O)O)c2ccc(C(=O)c3ccccc3)cc2)cc1. The summed E-state index contributed by atoms with van der Waals surface area (Å²) >= 11 is 0. The van der Waals surface area contributed by atoms with Gasteiger partial charge in [0.25, 0.3) is 0 Å². The molecule has 0 atom stereocenters. The molecule has 0 aliphatic carbocycles. The Hall–Kier alpha value is -3.47. The number of benzene rings is 4. The number of carbonyl (C=O) groups is 2. The molecular formula is C56H79O5P. The molecule has 4 rings (SSSR count). The van der Waals surface area contributed by atoms with Crippen LogP contribution in [-0.4, -0.2) is 28.0 Å². The smallest absolute Gasteiger partial charge is 0.327 e. The monoisotopic (exact) mass is 863 g/mol. The highest BCUT2D eigenvalue weighted by Crippen LogP contribution is 2.32. The Labute approximate surface area is 377 Å². The number of hydrogen-bond donors (Lipinski definition) is 2. The normalized spacial score (nSPS) is 11.5. The van der Waals surface area contributed by atoms with Crippen molar-refractivity contribution in [1.82, 2.24) is 0 Å². The maximum absolute atomic E-state index is 13.1. The second-order valence-corrected chi connectivity index (χ2v) is 18.4. The fraction of sp³-hybridized carbons (Fsp3) is 0.536. The van der Waals surface area contributed by atoms with Crippen molar-refractivity contribution in [2.24, 2.45) is 0 Å². The predicted octanol–water partition coefficient (Wildman–Crippen LogP) is 16.4. The van der Waals surface area contributed by atoms with Crippen molar-refractivity contribution in [3.63, 3.8) is 0 Å². The van der Waals surface area contributed by atoms with Crippen molar-refractivity contribution in [2.45, 2.75) is 186 Å². The van der Waals surface area contributed by atoms with Crippen LogP contribution in [-0.2, 0) is 4.52 Å². The van der Waals surface area contributed by atoms with E-state index in [-0.39, 0.29) is 17.5 Å². The van der Waals surface area contributed by atoms with Gasteiger partial charge >= 0.3 is 8.60 Å². The molecule has 4 aromatic carbocycles. The first kappa shape index (κ1) is 51.2. The van der Waals surface area contributed by atoms with Gasteiger partial charge in [0.15, 0.2) is 11.6 Å². The first-order valence-electron chi connectivity index (χ1n) is 24.7. The summed E-state index contributed by atoms with van der Waals surface area (Å²) in [4.78, 5) is 43.6. The Bertz CT molecular complexity index is 1610. The third kappa shape index (κ3) is 21.7. The van der Waals surface area contributed by atoms with Crippen LogP contribution in [0.25, 0.3) is 0 Å². The maximum atomic E-state index is 13.1. The third-order valence-electron chi connectivity index (χ3n) is 12.6. The van der Waals surface area contributed by atoms with E-state index in [4.69, 9.17) is 14.3 Å². The van der Waals surface area contributed by atoms with Crippen LogP contribution < -0.4 is 0 Å². The summed E-state index contributed by atoms with van der Waals surface area (Å²) in [5.74, 6) is 0.307. The van der Waals surface area contributed by atoms with Crippen LogP contribution in [0.4, 0.5) is 0 Å². The molecule has 0 heterocycles. The molecular weight excluding hydrogens is 784 g/mol. The first-order chi connectivity index (χ1) is 30.5. The molecule has 0 saturated heterocycles. The van der Waals surface area contributed by atoms with E-state index in [0.717, 1.165) is 25.7 Å². The summed E-state index contributed by atoms with van der Waals surface area (Å²) in [5.41, 5.74) is 5.26. The van der Waals surface area contributed by atoms with E-state index < -0.39 is 8.60 Å². The summed E-state index contributed by atoms with van der Waals surface area (Å²) in [5, 5.41) is 0. The van der Waals surface area contributed by atoms with Gasteiger partial charge in [-0.15, -0.1) is 0 Å². The lowest BCUT2D eigenvalue weighted by molar-refractivity contribution is 0.103. The molecule has 2 N–H and O–H groups in total. The quantitative estimate of drug-likeness (QED) is 0.0268. The van der Waals surface area contributed by atoms with Gasteiger partial charge in [-0.25, -0.2) is 0 Å². The molecule has 0 aliphatic rings. The highest BCUT2D eigenvalue weighted by molar-refractivity contribution is 7.39. The van der Waals surface area contributed by atoms with Crippen LogP contribution in [0.2, 0.25) is 0 Å². The molecule has 338 valence electrons. The number of rotatable bonds is 37. The van der Waals surface area contributed by atoms with Crippen LogP contribution >= 0.6 is 8.60 Å². The maximum Gasteiger partial charge on any atom is 0.327 e. The fourth-order valence-corrected chi connectivity index (χ4v) is 9.08. The molecule has 0 aliphatic heterocycles. The minimum atomic E-state index is -2.17. The third-order valence-corrected chi connectivity index (χ3v) is 13.0. The Morgan fingerprint density at radius 3 is 0.903 bits per heavy atom. The van der Waals surface area contributed by atoms with Gasteiger partial charge in [-0.1, -0.05) is 276 Å². The molecule has 0 amide bonds. The van der Waals surface area contributed by atoms with E-state index >= 15 is 0 Å². The Balaban J connectivity index is 0.992. The molecule has 62 heavy (non-hydrogen) atoms. The lowest BCUT2D eigenvalue weighted by Crippen LogP contribution is -2.06. The van der Waals surface area contributed by atoms with E-state index in [1.807, 2.05) is 84.9 Å². The standard InChI is InChI=1S/C56H79O5P/c57-55(50-34-28-26-29-35-50)52-43-39-48(40-44-52)54(49-41-45-53(46-42-49)56(58)51-36-30-27-31-37-51)38-32-24-22-20-18-16-14-12-10-8-6-4-2-1-3-5-7-9-11-13-15-17-19-21-23-25-33-47-61-62(59)60/h26-31,34-37,39-46,54,59-60H,1-25,32-33,38,47H2. The minimum Gasteiger partial charge on any atom is -0.328 e. The van der Waals surface area contributed by atoms with Crippen LogP contribution in [0.5, 0.6) is 0 Å². The molecule has 0 spiro atoms. The number of unbranched alkanes of at least 4 members (excludes halogenated alkanes) is 26. The van der Waals surface area contributed by atoms with Crippen LogP contribution in [0.15, 0.2) is 109 Å². The molecule has 0 bridgehead atoms. The molecule has 0 saturated carbocycles. The summed E-state index contributed by atoms with van der Waals surface area (Å²) < 4.78 is 4.81. The van der Waals surface area contributed by atoms with Crippen LogP contribution in [0, 0.1) is 0 Å². The van der Waals surface area contributed by atoms with Crippen molar-refractivity contribution in [2.75, 3.05) is 6.61 Å². The Morgan fingerprint density at radius 2 is 0.613 bits per heavy atom. The van der Waals surface area contributed by atoms with Gasteiger partial charge in [0, 0.05) is 28.2 Å². The predicted molar refractivity (Wildman–Crippen MR) is 261 cm³/mol. The first-order valence-corrected chi connectivity index (χ1v) is 25.9. The van der Waals surface area contributed by atoms with E-state index in [2.05, 4.69) is 24.3 Å². The highest BCUT2D eigenvalue weighted by atomic mass is 31.2. The van der Waals surface area contributed by atoms with Gasteiger partial charge in [-0.2, -0.15) is 0 Å². The zero-order valence-electron chi connectivity index (χ0n) is 38.0. The van der Waals surface area contributed by atoms with Crippen molar-refractivity contribution < 1.29 is 23.9 Å². The number of carbonyl (C=O) groups excluding carboxylic acids is 2. The van der Waals surface area contributed by atoms with Gasteiger partial charge in [-0.05, 0) is 24.0 Å². The van der Waals surface area contributed by atoms with E-state index in [9.17, 15) is 9.59 Å². The number of hydrogen-bond acceptors (Lipinski definition) is 5. The molecule has 0 radical (unpaired) electrons. The lowest BCUT2D eigenvalue weighted by Gasteiger charge is -2.19. The van der Waals surface area contributed by atoms with Crippen LogP contribution in [0.1, 0.15) is 229 Å². The molecule has 5 nitrogen and oxygen atoms in total. The second-order valence-electron chi connectivity index (χ2n) is 17.6. The van der Waals surface area contributed by atoms with Crippen molar-refractivity contribution >= 4 is 20.2 Å². The zero-order chi connectivity index (χ0) is 43.7. The summed E-state index contributed by atoms with van der Waals surface area (Å²) in [7, 11) is -2.17. The highest BCUT2D eigenvalue weighted by Gasteiger charge is 2.17. The Kier molecular flexibility index (Phi) is 27.3. The van der Waals surface area contributed by atoms with Crippen molar-refractivity contribution in [1.29, 1.82) is 0 Å². The van der Waals surface area contributed by atoms with Crippen LogP contribution in [0.3, 0.4) is 0 Å². The fourth-order valence-electron chi connectivity index (χ4n) is 8.79.